The molecule has 0 aliphatic heterocycles. The van der Waals surface area contributed by atoms with E-state index in [1.54, 1.807) is 0 Å². The van der Waals surface area contributed by atoms with Crippen LogP contribution in [-0.2, 0) is 27.3 Å². The third kappa shape index (κ3) is 4.34. The molecule has 0 aliphatic rings. The molecular weight excluding hydrogens is 356 g/mol. The van der Waals surface area contributed by atoms with Gasteiger partial charge in [0, 0.05) is 23.1 Å². The predicted molar refractivity (Wildman–Crippen MR) is 107 cm³/mol. The number of primary amides is 1. The van der Waals surface area contributed by atoms with Crippen molar-refractivity contribution < 1.29 is 19.1 Å². The number of carbonyl (C=O) groups is 2. The average Bonchev–Trinajstić information content (AvgIpc) is 2.93. The van der Waals surface area contributed by atoms with Crippen molar-refractivity contribution >= 4 is 22.8 Å². The molecule has 0 spiro atoms. The van der Waals surface area contributed by atoms with Crippen molar-refractivity contribution in [3.8, 4) is 5.75 Å². The average molecular weight is 380 g/mol. The maximum absolute atomic E-state index is 11.6. The van der Waals surface area contributed by atoms with Gasteiger partial charge in [0.1, 0.15) is 5.75 Å². The van der Waals surface area contributed by atoms with Gasteiger partial charge in [-0.1, -0.05) is 30.3 Å². The van der Waals surface area contributed by atoms with E-state index in [0.29, 0.717) is 12.3 Å². The first-order chi connectivity index (χ1) is 13.5. The summed E-state index contributed by atoms with van der Waals surface area (Å²) < 4.78 is 12.5. The molecule has 3 rings (SSSR count). The predicted octanol–water partition coefficient (Wildman–Crippen LogP) is 2.97. The first kappa shape index (κ1) is 19.5. The van der Waals surface area contributed by atoms with Crippen LogP contribution in [0.4, 0.5) is 0 Å². The van der Waals surface area contributed by atoms with E-state index in [9.17, 15) is 9.59 Å². The Kier molecular flexibility index (Phi) is 5.99. The van der Waals surface area contributed by atoms with Gasteiger partial charge < -0.3 is 19.8 Å². The Morgan fingerprint density at radius 1 is 1.11 bits per heavy atom. The number of ether oxygens (including phenoxy) is 2. The van der Waals surface area contributed by atoms with Crippen molar-refractivity contribution in [2.75, 3.05) is 13.7 Å². The van der Waals surface area contributed by atoms with E-state index >= 15 is 0 Å². The summed E-state index contributed by atoms with van der Waals surface area (Å²) in [7, 11) is 1.35. The van der Waals surface area contributed by atoms with Crippen molar-refractivity contribution in [1.82, 2.24) is 4.57 Å². The van der Waals surface area contributed by atoms with Gasteiger partial charge in [-0.3, -0.25) is 9.59 Å². The normalized spacial score (nSPS) is 10.8. The highest BCUT2D eigenvalue weighted by Gasteiger charge is 2.17. The molecule has 28 heavy (non-hydrogen) atoms. The first-order valence-electron chi connectivity index (χ1n) is 9.13. The zero-order valence-corrected chi connectivity index (χ0v) is 16.1. The van der Waals surface area contributed by atoms with E-state index < -0.39 is 0 Å². The number of hydrogen-bond donors (Lipinski definition) is 1. The summed E-state index contributed by atoms with van der Waals surface area (Å²) in [6.45, 7) is 2.93. The highest BCUT2D eigenvalue weighted by atomic mass is 16.5. The second-order valence-electron chi connectivity index (χ2n) is 6.63. The highest BCUT2D eigenvalue weighted by Crippen LogP contribution is 2.30. The lowest BCUT2D eigenvalue weighted by Gasteiger charge is -2.09. The van der Waals surface area contributed by atoms with Crippen molar-refractivity contribution in [3.05, 3.63) is 65.4 Å². The van der Waals surface area contributed by atoms with Gasteiger partial charge in [-0.25, -0.2) is 0 Å². The lowest BCUT2D eigenvalue weighted by Crippen LogP contribution is -2.14. The number of methoxy groups -OCH3 is 1. The molecule has 1 aromatic heterocycles. The molecule has 0 aliphatic carbocycles. The summed E-state index contributed by atoms with van der Waals surface area (Å²) in [5.41, 5.74) is 9.57. The largest absolute Gasteiger partial charge is 0.493 e. The molecule has 0 atom stereocenters. The van der Waals surface area contributed by atoms with Crippen molar-refractivity contribution in [2.45, 2.75) is 26.3 Å². The van der Waals surface area contributed by atoms with Crippen molar-refractivity contribution in [1.29, 1.82) is 0 Å². The van der Waals surface area contributed by atoms with Crippen LogP contribution in [0.25, 0.3) is 10.9 Å². The molecule has 6 heteroatoms. The molecule has 0 saturated heterocycles. The van der Waals surface area contributed by atoms with Crippen LogP contribution in [0.2, 0.25) is 0 Å². The van der Waals surface area contributed by atoms with E-state index in [2.05, 4.69) is 21.4 Å². The zero-order valence-electron chi connectivity index (χ0n) is 16.1. The van der Waals surface area contributed by atoms with E-state index in [-0.39, 0.29) is 31.3 Å². The fraction of sp³-hybridized carbons (Fsp3) is 0.273. The second kappa shape index (κ2) is 8.61. The van der Waals surface area contributed by atoms with Crippen LogP contribution in [0.1, 0.15) is 23.2 Å². The lowest BCUT2D eigenvalue weighted by atomic mass is 10.1. The summed E-state index contributed by atoms with van der Waals surface area (Å²) in [6.07, 6.45) is 0.340. The third-order valence-electron chi connectivity index (χ3n) is 4.76. The standard InChI is InChI=1S/C22H24N2O4/c1-15-18(13-21(23)25)19-12-17(28-11-10-22(26)27-2)8-9-20(19)24(15)14-16-6-4-3-5-7-16/h3-9,12H,10-11,13-14H2,1-2H3,(H2,23,25). The fourth-order valence-electron chi connectivity index (χ4n) is 3.34. The number of rotatable bonds is 8. The van der Waals surface area contributed by atoms with Gasteiger partial charge in [0.25, 0.3) is 0 Å². The quantitative estimate of drug-likeness (QED) is 0.609. The number of carbonyl (C=O) groups excluding carboxylic acids is 2. The summed E-state index contributed by atoms with van der Waals surface area (Å²) in [5, 5.41) is 0.933. The molecule has 0 radical (unpaired) electrons. The van der Waals surface area contributed by atoms with Crippen LogP contribution in [0, 0.1) is 6.92 Å². The summed E-state index contributed by atoms with van der Waals surface area (Å²) >= 11 is 0. The van der Waals surface area contributed by atoms with Crippen LogP contribution in [0.5, 0.6) is 5.75 Å². The van der Waals surface area contributed by atoms with Gasteiger partial charge in [-0.05, 0) is 36.2 Å². The monoisotopic (exact) mass is 380 g/mol. The number of esters is 1. The van der Waals surface area contributed by atoms with Gasteiger partial charge in [-0.2, -0.15) is 0 Å². The van der Waals surface area contributed by atoms with Gasteiger partial charge in [0.2, 0.25) is 5.91 Å². The molecule has 0 unspecified atom stereocenters. The van der Waals surface area contributed by atoms with E-state index in [1.165, 1.54) is 12.7 Å². The van der Waals surface area contributed by atoms with Gasteiger partial charge >= 0.3 is 5.97 Å². The molecule has 0 fully saturated rings. The third-order valence-corrected chi connectivity index (χ3v) is 4.76. The van der Waals surface area contributed by atoms with E-state index in [0.717, 1.165) is 22.2 Å². The number of nitrogens with two attached hydrogens (primary N) is 1. The Balaban J connectivity index is 1.96. The SMILES string of the molecule is COC(=O)CCOc1ccc2c(c1)c(CC(N)=O)c(C)n2Cc1ccccc1. The second-order valence-corrected chi connectivity index (χ2v) is 6.63. The molecular formula is C22H24N2O4. The van der Waals surface area contributed by atoms with Crippen LogP contribution in [-0.4, -0.2) is 30.2 Å². The Bertz CT molecular complexity index is 993. The number of benzene rings is 2. The van der Waals surface area contributed by atoms with E-state index in [4.69, 9.17) is 10.5 Å². The van der Waals surface area contributed by atoms with Gasteiger partial charge in [-0.15, -0.1) is 0 Å². The molecule has 146 valence electrons. The molecule has 1 amide bonds. The molecule has 2 aromatic carbocycles. The maximum Gasteiger partial charge on any atom is 0.308 e. The fourth-order valence-corrected chi connectivity index (χ4v) is 3.34. The number of amides is 1. The highest BCUT2D eigenvalue weighted by molar-refractivity contribution is 5.91. The Hall–Kier alpha value is -3.28. The topological polar surface area (TPSA) is 83.6 Å². The minimum atomic E-state index is -0.376. The van der Waals surface area contributed by atoms with Crippen LogP contribution < -0.4 is 10.5 Å². The number of fused-ring (bicyclic) bond motifs is 1. The number of aromatic nitrogens is 1. The molecule has 0 bridgehead atoms. The van der Waals surface area contributed by atoms with E-state index in [1.807, 2.05) is 43.3 Å². The smallest absolute Gasteiger partial charge is 0.308 e. The molecule has 3 aromatic rings. The molecule has 2 N–H and O–H groups in total. The van der Waals surface area contributed by atoms with Crippen LogP contribution in [0.15, 0.2) is 48.5 Å². The van der Waals surface area contributed by atoms with Crippen molar-refractivity contribution in [3.63, 3.8) is 0 Å². The van der Waals surface area contributed by atoms with Gasteiger partial charge in [0.05, 0.1) is 26.6 Å². The molecule has 0 saturated carbocycles. The lowest BCUT2D eigenvalue weighted by molar-refractivity contribution is -0.141. The van der Waals surface area contributed by atoms with Gasteiger partial charge in [0.15, 0.2) is 0 Å². The van der Waals surface area contributed by atoms with Crippen molar-refractivity contribution in [2.24, 2.45) is 5.73 Å². The summed E-state index contributed by atoms with van der Waals surface area (Å²) in [4.78, 5) is 22.9. The summed E-state index contributed by atoms with van der Waals surface area (Å²) in [5.74, 6) is -0.0572. The Morgan fingerprint density at radius 2 is 1.86 bits per heavy atom. The zero-order chi connectivity index (χ0) is 20.1. The number of nitrogens with zero attached hydrogens (tertiary/aromatic N) is 1. The van der Waals surface area contributed by atoms with Crippen LogP contribution in [0.3, 0.4) is 0 Å². The first-order valence-corrected chi connectivity index (χ1v) is 9.13. The maximum atomic E-state index is 11.6. The summed E-state index contributed by atoms with van der Waals surface area (Å²) in [6, 6.07) is 15.9. The Morgan fingerprint density at radius 3 is 2.54 bits per heavy atom. The number of hydrogen-bond acceptors (Lipinski definition) is 4. The molecule has 1 heterocycles. The molecule has 6 nitrogen and oxygen atoms in total. The minimum absolute atomic E-state index is 0.162. The minimum Gasteiger partial charge on any atom is -0.493 e. The van der Waals surface area contributed by atoms with Crippen LogP contribution >= 0.6 is 0 Å². The Labute approximate surface area is 163 Å².